The average Bonchev–Trinajstić information content (AvgIpc) is 2.52. The van der Waals surface area contributed by atoms with Gasteiger partial charge in [-0.2, -0.15) is 0 Å². The van der Waals surface area contributed by atoms with Crippen molar-refractivity contribution in [2.24, 2.45) is 5.92 Å². The molecule has 1 amide bonds. The van der Waals surface area contributed by atoms with Crippen molar-refractivity contribution >= 4 is 5.91 Å². The molecular formula is C21H29NO4. The summed E-state index contributed by atoms with van der Waals surface area (Å²) in [4.78, 5) is 17.0. The first-order valence-corrected chi connectivity index (χ1v) is 9.13. The van der Waals surface area contributed by atoms with Crippen LogP contribution in [0, 0.1) is 5.92 Å². The van der Waals surface area contributed by atoms with E-state index in [4.69, 9.17) is 9.57 Å². The summed E-state index contributed by atoms with van der Waals surface area (Å²) >= 11 is 0. The number of ether oxygens (including phenoxy) is 1. The van der Waals surface area contributed by atoms with Crippen LogP contribution in [-0.4, -0.2) is 23.7 Å². The van der Waals surface area contributed by atoms with Crippen LogP contribution in [-0.2, 0) is 15.0 Å². The lowest BCUT2D eigenvalue weighted by Crippen LogP contribution is -2.46. The monoisotopic (exact) mass is 359 g/mol. The van der Waals surface area contributed by atoms with E-state index in [9.17, 15) is 9.90 Å². The lowest BCUT2D eigenvalue weighted by Gasteiger charge is -2.47. The topological polar surface area (TPSA) is 67.8 Å². The number of rotatable bonds is 2. The average molecular weight is 359 g/mol. The van der Waals surface area contributed by atoms with Gasteiger partial charge in [-0.1, -0.05) is 26.8 Å². The molecule has 5 nitrogen and oxygen atoms in total. The standard InChI is InChI=1S/C21H29NO4/c1-20(2,3)13-10-16(23)18-14-9-12(19(24)22-25-6)7-8-15(14)21(4,5)26-17(18)11-13/h7,10-11,14-15,23H,8-9H2,1-6H3,(H,22,24)/t14-,15-/m1/s1. The SMILES string of the molecule is CONC(=O)C1=CC[C@@H]2[C@@H](C1)c1c(O)cc(C(C)(C)C)cc1OC2(C)C. The van der Waals surface area contributed by atoms with Crippen LogP contribution in [0.25, 0.3) is 0 Å². The van der Waals surface area contributed by atoms with Crippen LogP contribution in [0.15, 0.2) is 23.8 Å². The van der Waals surface area contributed by atoms with E-state index >= 15 is 0 Å². The van der Waals surface area contributed by atoms with Gasteiger partial charge in [0, 0.05) is 23.0 Å². The summed E-state index contributed by atoms with van der Waals surface area (Å²) in [6.45, 7) is 10.5. The number of phenols is 1. The van der Waals surface area contributed by atoms with Crippen LogP contribution in [0.4, 0.5) is 0 Å². The van der Waals surface area contributed by atoms with Gasteiger partial charge < -0.3 is 9.84 Å². The lowest BCUT2D eigenvalue weighted by molar-refractivity contribution is -0.127. The number of nitrogens with one attached hydrogen (secondary N) is 1. The summed E-state index contributed by atoms with van der Waals surface area (Å²) in [7, 11) is 1.43. The highest BCUT2D eigenvalue weighted by atomic mass is 16.6. The van der Waals surface area contributed by atoms with Crippen molar-refractivity contribution in [3.63, 3.8) is 0 Å². The molecule has 0 radical (unpaired) electrons. The second kappa shape index (κ2) is 6.31. The van der Waals surface area contributed by atoms with Crippen LogP contribution in [0.3, 0.4) is 0 Å². The zero-order chi connectivity index (χ0) is 19.3. The van der Waals surface area contributed by atoms with Crippen molar-refractivity contribution in [1.29, 1.82) is 0 Å². The Bertz CT molecular complexity index is 758. The third-order valence-corrected chi connectivity index (χ3v) is 5.65. The van der Waals surface area contributed by atoms with E-state index in [2.05, 4.69) is 40.1 Å². The number of carbonyl (C=O) groups excluding carboxylic acids is 1. The summed E-state index contributed by atoms with van der Waals surface area (Å²) in [5, 5.41) is 10.8. The first-order chi connectivity index (χ1) is 12.0. The fourth-order valence-electron chi connectivity index (χ4n) is 4.17. The van der Waals surface area contributed by atoms with Gasteiger partial charge in [0.25, 0.3) is 5.91 Å². The van der Waals surface area contributed by atoms with Gasteiger partial charge in [0.1, 0.15) is 17.1 Å². The summed E-state index contributed by atoms with van der Waals surface area (Å²) in [5.41, 5.74) is 4.48. The van der Waals surface area contributed by atoms with Gasteiger partial charge >= 0.3 is 0 Å². The quantitative estimate of drug-likeness (QED) is 0.785. The molecular weight excluding hydrogens is 330 g/mol. The van der Waals surface area contributed by atoms with Crippen molar-refractivity contribution in [2.75, 3.05) is 7.11 Å². The van der Waals surface area contributed by atoms with Crippen molar-refractivity contribution < 1.29 is 19.5 Å². The molecule has 1 aliphatic carbocycles. The van der Waals surface area contributed by atoms with Crippen LogP contribution in [0.2, 0.25) is 0 Å². The van der Waals surface area contributed by atoms with E-state index in [1.165, 1.54) is 7.11 Å². The first kappa shape index (κ1) is 18.8. The summed E-state index contributed by atoms with van der Waals surface area (Å²) < 4.78 is 6.33. The molecule has 2 atom stereocenters. The maximum absolute atomic E-state index is 12.2. The zero-order valence-corrected chi connectivity index (χ0v) is 16.5. The van der Waals surface area contributed by atoms with E-state index in [-0.39, 0.29) is 34.5 Å². The molecule has 1 heterocycles. The first-order valence-electron chi connectivity index (χ1n) is 9.13. The molecule has 1 aromatic carbocycles. The van der Waals surface area contributed by atoms with E-state index in [0.717, 1.165) is 23.3 Å². The lowest BCUT2D eigenvalue weighted by atomic mass is 9.66. The Morgan fingerprint density at radius 1 is 1.35 bits per heavy atom. The number of aromatic hydroxyl groups is 1. The number of fused-ring (bicyclic) bond motifs is 3. The Hall–Kier alpha value is -2.01. The third-order valence-electron chi connectivity index (χ3n) is 5.65. The minimum Gasteiger partial charge on any atom is -0.508 e. The summed E-state index contributed by atoms with van der Waals surface area (Å²) in [6, 6.07) is 3.88. The highest BCUT2D eigenvalue weighted by Crippen LogP contribution is 2.54. The van der Waals surface area contributed by atoms with Crippen molar-refractivity contribution in [3.8, 4) is 11.5 Å². The van der Waals surface area contributed by atoms with E-state index in [1.54, 1.807) is 0 Å². The van der Waals surface area contributed by atoms with Crippen LogP contribution in [0.5, 0.6) is 11.5 Å². The molecule has 26 heavy (non-hydrogen) atoms. The fraction of sp³-hybridized carbons (Fsp3) is 0.571. The maximum Gasteiger partial charge on any atom is 0.270 e. The molecule has 0 bridgehead atoms. The second-order valence-electron chi connectivity index (χ2n) is 8.88. The molecule has 0 saturated heterocycles. The Morgan fingerprint density at radius 2 is 2.04 bits per heavy atom. The molecule has 0 saturated carbocycles. The summed E-state index contributed by atoms with van der Waals surface area (Å²) in [6.07, 6.45) is 3.25. The third kappa shape index (κ3) is 3.20. The van der Waals surface area contributed by atoms with Gasteiger partial charge in [-0.15, -0.1) is 0 Å². The fourth-order valence-corrected chi connectivity index (χ4v) is 4.17. The predicted octanol–water partition coefficient (Wildman–Crippen LogP) is 3.96. The molecule has 142 valence electrons. The number of hydrogen-bond donors (Lipinski definition) is 2. The highest BCUT2D eigenvalue weighted by molar-refractivity contribution is 5.93. The highest BCUT2D eigenvalue weighted by Gasteiger charge is 2.47. The molecule has 1 aliphatic heterocycles. The molecule has 0 unspecified atom stereocenters. The Kier molecular flexibility index (Phi) is 4.55. The van der Waals surface area contributed by atoms with Crippen LogP contribution >= 0.6 is 0 Å². The Balaban J connectivity index is 2.06. The zero-order valence-electron chi connectivity index (χ0n) is 16.5. The number of hydrogen-bond acceptors (Lipinski definition) is 4. The van der Waals surface area contributed by atoms with Gasteiger partial charge in [-0.3, -0.25) is 9.63 Å². The van der Waals surface area contributed by atoms with Crippen molar-refractivity contribution in [1.82, 2.24) is 5.48 Å². The van der Waals surface area contributed by atoms with Crippen molar-refractivity contribution in [3.05, 3.63) is 34.9 Å². The molecule has 0 aromatic heterocycles. The number of hydroxylamine groups is 1. The molecule has 0 fully saturated rings. The van der Waals surface area contributed by atoms with Gasteiger partial charge in [0.05, 0.1) is 7.11 Å². The molecule has 3 rings (SSSR count). The van der Waals surface area contributed by atoms with Gasteiger partial charge in [-0.25, -0.2) is 5.48 Å². The van der Waals surface area contributed by atoms with Gasteiger partial charge in [-0.05, 0) is 49.8 Å². The maximum atomic E-state index is 12.2. The predicted molar refractivity (Wildman–Crippen MR) is 100 cm³/mol. The largest absolute Gasteiger partial charge is 0.508 e. The van der Waals surface area contributed by atoms with Gasteiger partial charge in [0.15, 0.2) is 0 Å². The minimum absolute atomic E-state index is 0.0328. The summed E-state index contributed by atoms with van der Waals surface area (Å²) in [5.74, 6) is 0.995. The van der Waals surface area contributed by atoms with E-state index in [1.807, 2.05) is 18.2 Å². The van der Waals surface area contributed by atoms with E-state index < -0.39 is 0 Å². The number of amides is 1. The Morgan fingerprint density at radius 3 is 2.65 bits per heavy atom. The minimum atomic E-state index is -0.375. The smallest absolute Gasteiger partial charge is 0.270 e. The molecule has 2 N–H and O–H groups in total. The Labute approximate surface area is 155 Å². The normalized spacial score (nSPS) is 24.0. The molecule has 5 heteroatoms. The number of phenolic OH excluding ortho intramolecular Hbond substituents is 1. The van der Waals surface area contributed by atoms with Crippen LogP contribution in [0.1, 0.15) is 64.5 Å². The second-order valence-corrected chi connectivity index (χ2v) is 8.88. The molecule has 2 aliphatic rings. The van der Waals surface area contributed by atoms with Gasteiger partial charge in [0.2, 0.25) is 0 Å². The van der Waals surface area contributed by atoms with Crippen molar-refractivity contribution in [2.45, 2.75) is 64.4 Å². The number of carbonyl (C=O) groups is 1. The number of benzene rings is 1. The molecule has 1 aromatic rings. The van der Waals surface area contributed by atoms with E-state index in [0.29, 0.717) is 12.0 Å². The number of allylic oxidation sites excluding steroid dienone is 1. The molecule has 0 spiro atoms. The van der Waals surface area contributed by atoms with Crippen LogP contribution < -0.4 is 10.2 Å².